The van der Waals surface area contributed by atoms with E-state index in [1.165, 1.54) is 25.3 Å². The Kier molecular flexibility index (Phi) is 3.16. The largest absolute Gasteiger partial charge is 0.300 e. The molecule has 1 aromatic rings. The van der Waals surface area contributed by atoms with E-state index in [1.54, 1.807) is 0 Å². The van der Waals surface area contributed by atoms with Gasteiger partial charge < -0.3 is 4.79 Å². The highest BCUT2D eigenvalue weighted by Gasteiger charge is 2.41. The number of hydrogen-bond acceptors (Lipinski definition) is 5. The van der Waals surface area contributed by atoms with Gasteiger partial charge in [-0.05, 0) is 25.5 Å². The summed E-state index contributed by atoms with van der Waals surface area (Å²) in [6, 6.07) is 2.96. The second-order valence-corrected chi connectivity index (χ2v) is 5.82. The van der Waals surface area contributed by atoms with Crippen LogP contribution < -0.4 is 0 Å². The van der Waals surface area contributed by atoms with Gasteiger partial charge in [-0.1, -0.05) is 0 Å². The highest BCUT2D eigenvalue weighted by atomic mass is 32.2. The molecule has 6 nitrogen and oxygen atoms in total. The van der Waals surface area contributed by atoms with Crippen LogP contribution >= 0.6 is 0 Å². The van der Waals surface area contributed by atoms with Crippen molar-refractivity contribution in [1.82, 2.24) is 9.29 Å². The van der Waals surface area contributed by atoms with Crippen LogP contribution in [0.25, 0.3) is 0 Å². The third kappa shape index (κ3) is 2.01. The smallest absolute Gasteiger partial charge is 0.285 e. The molecule has 0 fully saturated rings. The number of carbonyl (C=O) groups is 2. The molecule has 1 aliphatic heterocycles. The Bertz CT molecular complexity index is 609. The van der Waals surface area contributed by atoms with E-state index >= 15 is 0 Å². The third-order valence-corrected chi connectivity index (χ3v) is 4.40. The molecule has 0 radical (unpaired) electrons. The van der Waals surface area contributed by atoms with Gasteiger partial charge in [-0.15, -0.1) is 0 Å². The van der Waals surface area contributed by atoms with E-state index in [1.807, 2.05) is 0 Å². The number of amides is 1. The Labute approximate surface area is 105 Å². The molecule has 1 aromatic heterocycles. The standard InChI is InChI=1S/C11H12N2O4S/c1-8(14)4-3-7-13-11(15)9-5-2-6-12-10(9)18(13,16)17/h2,5-6H,3-4,7H2,1H3. The summed E-state index contributed by atoms with van der Waals surface area (Å²) in [7, 11) is -3.83. The molecule has 0 saturated heterocycles. The SMILES string of the molecule is CC(=O)CCCN1C(=O)c2cccnc2S1(=O)=O. The van der Waals surface area contributed by atoms with E-state index in [0.29, 0.717) is 6.42 Å². The van der Waals surface area contributed by atoms with Gasteiger partial charge >= 0.3 is 0 Å². The monoisotopic (exact) mass is 268 g/mol. The van der Waals surface area contributed by atoms with E-state index in [4.69, 9.17) is 0 Å². The summed E-state index contributed by atoms with van der Waals surface area (Å²) in [5.74, 6) is -0.601. The number of Topliss-reactive ketones (excluding diaryl/α,β-unsaturated/α-hetero) is 1. The molecule has 0 N–H and O–H groups in total. The Hall–Kier alpha value is -1.76. The first-order valence-electron chi connectivity index (χ1n) is 5.46. The highest BCUT2D eigenvalue weighted by Crippen LogP contribution is 2.28. The fraction of sp³-hybridized carbons (Fsp3) is 0.364. The minimum atomic E-state index is -3.83. The van der Waals surface area contributed by atoms with Crippen LogP contribution in [-0.4, -0.2) is 35.9 Å². The second kappa shape index (κ2) is 4.49. The van der Waals surface area contributed by atoms with Gasteiger partial charge in [0.1, 0.15) is 5.78 Å². The van der Waals surface area contributed by atoms with E-state index in [9.17, 15) is 18.0 Å². The van der Waals surface area contributed by atoms with Gasteiger partial charge in [-0.2, -0.15) is 8.42 Å². The highest BCUT2D eigenvalue weighted by molar-refractivity contribution is 7.90. The van der Waals surface area contributed by atoms with Crippen molar-refractivity contribution in [2.24, 2.45) is 0 Å². The van der Waals surface area contributed by atoms with Crippen molar-refractivity contribution in [3.63, 3.8) is 0 Å². The lowest BCUT2D eigenvalue weighted by Gasteiger charge is -2.13. The lowest BCUT2D eigenvalue weighted by Crippen LogP contribution is -2.31. The normalized spacial score (nSPS) is 16.7. The first kappa shape index (κ1) is 12.7. The van der Waals surface area contributed by atoms with Crippen LogP contribution in [0.2, 0.25) is 0 Å². The number of fused-ring (bicyclic) bond motifs is 1. The maximum Gasteiger partial charge on any atom is 0.285 e. The molecule has 2 heterocycles. The van der Waals surface area contributed by atoms with Crippen molar-refractivity contribution in [1.29, 1.82) is 0 Å². The summed E-state index contributed by atoms with van der Waals surface area (Å²) in [6.45, 7) is 1.44. The van der Waals surface area contributed by atoms with Crippen LogP contribution in [0.5, 0.6) is 0 Å². The zero-order chi connectivity index (χ0) is 13.3. The molecule has 2 rings (SSSR count). The molecule has 0 bridgehead atoms. The molecule has 0 atom stereocenters. The molecule has 0 saturated carbocycles. The average Bonchev–Trinajstić information content (AvgIpc) is 2.50. The molecule has 1 amide bonds. The molecule has 0 spiro atoms. The summed E-state index contributed by atoms with van der Waals surface area (Å²) in [5.41, 5.74) is 0.0975. The molecule has 0 unspecified atom stereocenters. The van der Waals surface area contributed by atoms with Gasteiger partial charge in [0.25, 0.3) is 15.9 Å². The zero-order valence-electron chi connectivity index (χ0n) is 9.79. The van der Waals surface area contributed by atoms with Crippen molar-refractivity contribution >= 4 is 21.7 Å². The summed E-state index contributed by atoms with van der Waals surface area (Å²) >= 11 is 0. The van der Waals surface area contributed by atoms with Crippen LogP contribution in [0.4, 0.5) is 0 Å². The molecule has 7 heteroatoms. The minimum Gasteiger partial charge on any atom is -0.300 e. The quantitative estimate of drug-likeness (QED) is 0.798. The van der Waals surface area contributed by atoms with Crippen LogP contribution in [-0.2, 0) is 14.8 Å². The summed E-state index contributed by atoms with van der Waals surface area (Å²) in [6.07, 6.45) is 1.92. The van der Waals surface area contributed by atoms with Crippen LogP contribution in [0.1, 0.15) is 30.1 Å². The number of pyridine rings is 1. The summed E-state index contributed by atoms with van der Waals surface area (Å²) in [4.78, 5) is 26.5. The lowest BCUT2D eigenvalue weighted by molar-refractivity contribution is -0.117. The lowest BCUT2D eigenvalue weighted by atomic mass is 10.2. The molecule has 18 heavy (non-hydrogen) atoms. The molecule has 96 valence electrons. The van der Waals surface area contributed by atoms with Crippen molar-refractivity contribution < 1.29 is 18.0 Å². The number of hydrogen-bond donors (Lipinski definition) is 0. The van der Waals surface area contributed by atoms with Crippen molar-refractivity contribution in [3.05, 3.63) is 23.9 Å². The van der Waals surface area contributed by atoms with Crippen molar-refractivity contribution in [2.75, 3.05) is 6.54 Å². The predicted molar refractivity (Wildman–Crippen MR) is 62.4 cm³/mol. The fourth-order valence-corrected chi connectivity index (χ4v) is 3.32. The van der Waals surface area contributed by atoms with E-state index < -0.39 is 15.9 Å². The Morgan fingerprint density at radius 3 is 2.78 bits per heavy atom. The first-order valence-corrected chi connectivity index (χ1v) is 6.90. The number of rotatable bonds is 4. The number of ketones is 1. The van der Waals surface area contributed by atoms with Crippen LogP contribution in [0.15, 0.2) is 23.4 Å². The fourth-order valence-electron chi connectivity index (χ4n) is 1.80. The van der Waals surface area contributed by atoms with Crippen LogP contribution in [0, 0.1) is 0 Å². The predicted octanol–water partition coefficient (Wildman–Crippen LogP) is 0.595. The molecular weight excluding hydrogens is 256 g/mol. The number of carbonyl (C=O) groups excluding carboxylic acids is 2. The Morgan fingerprint density at radius 1 is 1.44 bits per heavy atom. The Balaban J connectivity index is 2.25. The third-order valence-electron chi connectivity index (χ3n) is 2.65. The zero-order valence-corrected chi connectivity index (χ0v) is 10.6. The van der Waals surface area contributed by atoms with Gasteiger partial charge in [0.15, 0.2) is 5.03 Å². The molecule has 0 aliphatic carbocycles. The minimum absolute atomic E-state index is 0.0110. The van der Waals surface area contributed by atoms with E-state index in [-0.39, 0.29) is 29.3 Å². The second-order valence-electron chi connectivity index (χ2n) is 4.04. The maximum absolute atomic E-state index is 12.0. The number of nitrogens with zero attached hydrogens (tertiary/aromatic N) is 2. The topological polar surface area (TPSA) is 84.4 Å². The molecule has 1 aliphatic rings. The van der Waals surface area contributed by atoms with Gasteiger partial charge in [-0.3, -0.25) is 4.79 Å². The van der Waals surface area contributed by atoms with Crippen LogP contribution in [0.3, 0.4) is 0 Å². The van der Waals surface area contributed by atoms with Crippen molar-refractivity contribution in [2.45, 2.75) is 24.8 Å². The van der Waals surface area contributed by atoms with E-state index in [2.05, 4.69) is 4.98 Å². The summed E-state index contributed by atoms with van der Waals surface area (Å²) in [5, 5.41) is -0.196. The van der Waals surface area contributed by atoms with Gasteiger partial charge in [0.2, 0.25) is 0 Å². The maximum atomic E-state index is 12.0. The number of sulfonamides is 1. The first-order chi connectivity index (χ1) is 8.44. The van der Waals surface area contributed by atoms with E-state index in [0.717, 1.165) is 4.31 Å². The summed E-state index contributed by atoms with van der Waals surface area (Å²) < 4.78 is 24.8. The molecular formula is C11H12N2O4S. The van der Waals surface area contributed by atoms with Gasteiger partial charge in [0.05, 0.1) is 5.56 Å². The van der Waals surface area contributed by atoms with Crippen molar-refractivity contribution in [3.8, 4) is 0 Å². The number of aromatic nitrogens is 1. The van der Waals surface area contributed by atoms with Gasteiger partial charge in [0, 0.05) is 19.2 Å². The Morgan fingerprint density at radius 2 is 2.17 bits per heavy atom. The molecule has 0 aromatic carbocycles. The average molecular weight is 268 g/mol. The van der Waals surface area contributed by atoms with Gasteiger partial charge in [-0.25, -0.2) is 9.29 Å².